The average Bonchev–Trinajstić information content (AvgIpc) is 0.760. The molecule has 118 heavy (non-hydrogen) atoms. The lowest BCUT2D eigenvalue weighted by atomic mass is 9.87. The first-order valence-electron chi connectivity index (χ1n) is 40.9. The van der Waals surface area contributed by atoms with Crippen molar-refractivity contribution in [1.82, 2.24) is 0 Å². The van der Waals surface area contributed by atoms with Crippen LogP contribution in [0, 0.1) is 0 Å². The van der Waals surface area contributed by atoms with Crippen molar-refractivity contribution in [2.45, 2.75) is 0 Å². The van der Waals surface area contributed by atoms with Crippen LogP contribution in [-0.2, 0) is 0 Å². The second-order valence-electron chi connectivity index (χ2n) is 31.2. The molecule has 548 valence electrons. The minimum atomic E-state index is 1.23. The van der Waals surface area contributed by atoms with Gasteiger partial charge in [0.1, 0.15) is 0 Å². The van der Waals surface area contributed by atoms with Crippen molar-refractivity contribution in [2.24, 2.45) is 0 Å². The topological polar surface area (TPSA) is 0 Å². The fourth-order valence-corrected chi connectivity index (χ4v) is 18.8. The molecule has 0 unspecified atom stereocenters. The van der Waals surface area contributed by atoms with Crippen molar-refractivity contribution in [3.05, 3.63) is 461 Å². The molecule has 0 aliphatic carbocycles. The van der Waals surface area contributed by atoms with E-state index in [4.69, 9.17) is 0 Å². The minimum Gasteiger partial charge on any atom is -0.0622 e. The van der Waals surface area contributed by atoms with E-state index < -0.39 is 0 Å². The van der Waals surface area contributed by atoms with E-state index in [0.717, 1.165) is 0 Å². The third-order valence-corrected chi connectivity index (χ3v) is 24.5. The Bertz CT molecular complexity index is 7930. The van der Waals surface area contributed by atoms with Gasteiger partial charge in [-0.3, -0.25) is 0 Å². The van der Waals surface area contributed by atoms with Crippen LogP contribution >= 0.6 is 0 Å². The van der Waals surface area contributed by atoms with E-state index in [9.17, 15) is 0 Å². The molecule has 0 saturated carbocycles. The molecule has 0 fully saturated rings. The van der Waals surface area contributed by atoms with Gasteiger partial charge in [0, 0.05) is 0 Å². The first-order chi connectivity index (χ1) is 58.5. The maximum Gasteiger partial charge on any atom is -0.00986 e. The van der Waals surface area contributed by atoms with Crippen LogP contribution in [0.5, 0.6) is 0 Å². The summed E-state index contributed by atoms with van der Waals surface area (Å²) in [6.07, 6.45) is 0. The summed E-state index contributed by atoms with van der Waals surface area (Å²) < 4.78 is 0. The van der Waals surface area contributed by atoms with Gasteiger partial charge in [0.2, 0.25) is 0 Å². The van der Waals surface area contributed by atoms with Gasteiger partial charge in [0.05, 0.1) is 0 Å². The SMILES string of the molecule is c1ccc(-c2cc(-c3cc4ccccc4c4ccccc34)cc3cc(-c4cc5ccccc5c5ccccc45)ccc23)cc1.c1ccc(-c2ccc3c(ccc4cc(-c5ccc(-c6ccccc6)c6ccccc56)ccc43)c2)cc1.c1ccc2c(c1)cc(-c1ccc3cc(-c4cc5ccccc5c5ccccc45)ccc3c1)c1ccccc12. The third kappa shape index (κ3) is 12.5. The lowest BCUT2D eigenvalue weighted by Gasteiger charge is -2.16. The van der Waals surface area contributed by atoms with Gasteiger partial charge in [-0.1, -0.05) is 394 Å². The maximum atomic E-state index is 2.39. The Morgan fingerprint density at radius 2 is 0.297 bits per heavy atom. The zero-order chi connectivity index (χ0) is 78.0. The van der Waals surface area contributed by atoms with Crippen LogP contribution in [-0.4, -0.2) is 0 Å². The number of hydrogen-bond acceptors (Lipinski definition) is 0. The molecular weight excluding hydrogens is 1420 g/mol. The minimum absolute atomic E-state index is 1.23. The van der Waals surface area contributed by atoms with E-state index in [0.29, 0.717) is 0 Å². The maximum absolute atomic E-state index is 2.39. The van der Waals surface area contributed by atoms with Crippen molar-refractivity contribution in [3.8, 4) is 89.0 Å². The van der Waals surface area contributed by atoms with E-state index in [1.165, 1.54) is 229 Å². The molecule has 24 aromatic carbocycles. The van der Waals surface area contributed by atoms with Crippen LogP contribution in [0.25, 0.3) is 229 Å². The zero-order valence-corrected chi connectivity index (χ0v) is 64.9. The van der Waals surface area contributed by atoms with E-state index in [1.54, 1.807) is 0 Å². The molecule has 24 rings (SSSR count). The van der Waals surface area contributed by atoms with E-state index >= 15 is 0 Å². The largest absolute Gasteiger partial charge is 0.0622 e. The second-order valence-corrected chi connectivity index (χ2v) is 31.2. The first kappa shape index (κ1) is 69.4. The molecule has 0 heterocycles. The summed E-state index contributed by atoms with van der Waals surface area (Å²) in [5, 5.41) is 33.4. The van der Waals surface area contributed by atoms with E-state index in [2.05, 4.69) is 461 Å². The lowest BCUT2D eigenvalue weighted by Crippen LogP contribution is -1.89. The van der Waals surface area contributed by atoms with Gasteiger partial charge in [0.15, 0.2) is 0 Å². The predicted molar refractivity (Wildman–Crippen MR) is 510 cm³/mol. The molecular formula is C118H76. The van der Waals surface area contributed by atoms with Gasteiger partial charge >= 0.3 is 0 Å². The first-order valence-corrected chi connectivity index (χ1v) is 40.9. The summed E-state index contributed by atoms with van der Waals surface area (Å²) in [6.45, 7) is 0. The fraction of sp³-hybridized carbons (Fsp3) is 0. The highest BCUT2D eigenvalue weighted by molar-refractivity contribution is 6.20. The van der Waals surface area contributed by atoms with Crippen molar-refractivity contribution in [1.29, 1.82) is 0 Å². The molecule has 0 saturated heterocycles. The normalized spacial score (nSPS) is 11.6. The Morgan fingerprint density at radius 3 is 0.695 bits per heavy atom. The molecule has 0 aliphatic heterocycles. The highest BCUT2D eigenvalue weighted by Crippen LogP contribution is 2.46. The quantitative estimate of drug-likeness (QED) is 0.133. The average molecular weight is 1490 g/mol. The number of rotatable bonds is 8. The fourth-order valence-electron chi connectivity index (χ4n) is 18.8. The van der Waals surface area contributed by atoms with Crippen LogP contribution in [0.3, 0.4) is 0 Å². The highest BCUT2D eigenvalue weighted by Gasteiger charge is 2.19. The molecule has 0 spiro atoms. The van der Waals surface area contributed by atoms with Gasteiger partial charge in [-0.05, 0) is 296 Å². The van der Waals surface area contributed by atoms with Crippen molar-refractivity contribution >= 4 is 140 Å². The second kappa shape index (κ2) is 29.6. The summed E-state index contributed by atoms with van der Waals surface area (Å²) >= 11 is 0. The Kier molecular flexibility index (Phi) is 17.4. The van der Waals surface area contributed by atoms with Crippen LogP contribution in [0.1, 0.15) is 0 Å². The summed E-state index contributed by atoms with van der Waals surface area (Å²) in [7, 11) is 0. The summed E-state index contributed by atoms with van der Waals surface area (Å²) in [5.41, 5.74) is 20.1. The summed E-state index contributed by atoms with van der Waals surface area (Å²) in [6, 6.07) is 169. The van der Waals surface area contributed by atoms with Crippen molar-refractivity contribution in [2.75, 3.05) is 0 Å². The number of benzene rings is 24. The molecule has 0 radical (unpaired) electrons. The Hall–Kier alpha value is -15.3. The van der Waals surface area contributed by atoms with E-state index in [-0.39, 0.29) is 0 Å². The molecule has 0 aliphatic rings. The molecule has 0 atom stereocenters. The van der Waals surface area contributed by atoms with Crippen LogP contribution in [0.15, 0.2) is 461 Å². The molecule has 0 amide bonds. The zero-order valence-electron chi connectivity index (χ0n) is 64.9. The smallest absolute Gasteiger partial charge is 0.00986 e. The van der Waals surface area contributed by atoms with E-state index in [1.807, 2.05) is 0 Å². The van der Waals surface area contributed by atoms with Gasteiger partial charge in [-0.2, -0.15) is 0 Å². The standard InChI is InChI=1S/C44H28.C38H24.C36H24/c1-2-12-29(13-3-1)42-28-34(44-27-31-15-5-7-17-36(31)39-19-9-11-21-41(39)44)25-33-24-32(22-23-37(33)42)43-26-30-14-4-6-16-35(30)38-18-8-10-20-40(38)43;1-3-11-31-27(9-1)23-37(35-15-7-5-13-33(31)35)29-19-17-26-22-30(20-18-25(26)21-29)38-24-28-10-2-4-12-32(28)34-14-6-8-16-36(34)38;1-3-9-25(10-4-1)27-17-19-32-28(23-27)15-16-29-24-30(18-20-33(29)32)34-22-21-31(26-11-5-2-6-12-26)35-13-7-8-14-36(34)35/h1-28H;1-24H;1-24H. The molecule has 0 bridgehead atoms. The lowest BCUT2D eigenvalue weighted by molar-refractivity contribution is 1.63. The third-order valence-electron chi connectivity index (χ3n) is 24.5. The molecule has 0 N–H and O–H groups in total. The summed E-state index contributed by atoms with van der Waals surface area (Å²) in [5.74, 6) is 0. The predicted octanol–water partition coefficient (Wildman–Crippen LogP) is 33.4. The molecule has 0 heteroatoms. The van der Waals surface area contributed by atoms with Crippen LogP contribution in [0.4, 0.5) is 0 Å². The molecule has 0 aromatic heterocycles. The Morgan fingerprint density at radius 1 is 0.0763 bits per heavy atom. The Balaban J connectivity index is 0.000000107. The van der Waals surface area contributed by atoms with Crippen molar-refractivity contribution in [3.63, 3.8) is 0 Å². The number of hydrogen-bond donors (Lipinski definition) is 0. The van der Waals surface area contributed by atoms with Gasteiger partial charge in [0.25, 0.3) is 0 Å². The molecule has 0 nitrogen and oxygen atoms in total. The van der Waals surface area contributed by atoms with Crippen LogP contribution in [0.2, 0.25) is 0 Å². The van der Waals surface area contributed by atoms with Gasteiger partial charge in [-0.15, -0.1) is 0 Å². The monoisotopic (exact) mass is 1490 g/mol. The number of fused-ring (bicyclic) bond motifs is 18. The van der Waals surface area contributed by atoms with Gasteiger partial charge in [-0.25, -0.2) is 0 Å². The molecule has 24 aromatic rings. The van der Waals surface area contributed by atoms with Gasteiger partial charge < -0.3 is 0 Å². The van der Waals surface area contributed by atoms with Crippen LogP contribution < -0.4 is 0 Å². The van der Waals surface area contributed by atoms with Crippen molar-refractivity contribution < 1.29 is 0 Å². The highest BCUT2D eigenvalue weighted by atomic mass is 14.2. The summed E-state index contributed by atoms with van der Waals surface area (Å²) in [4.78, 5) is 0. The Labute approximate surface area is 685 Å².